The molecule has 186 valence electrons. The van der Waals surface area contributed by atoms with Gasteiger partial charge in [-0.2, -0.15) is 18.3 Å². The van der Waals surface area contributed by atoms with Crippen LogP contribution in [0.4, 0.5) is 22.0 Å². The molecule has 1 amide bonds. The average molecular weight is 497 g/mol. The third-order valence-corrected chi connectivity index (χ3v) is 5.52. The third kappa shape index (κ3) is 5.35. The lowest BCUT2D eigenvalue weighted by Crippen LogP contribution is -2.57. The lowest BCUT2D eigenvalue weighted by atomic mass is 9.88. The highest BCUT2D eigenvalue weighted by atomic mass is 19.4. The maximum atomic E-state index is 14.5. The molecule has 0 aliphatic carbocycles. The van der Waals surface area contributed by atoms with Crippen LogP contribution < -0.4 is 4.74 Å². The molecule has 1 aliphatic heterocycles. The number of aryl methyl sites for hydroxylation is 1. The number of aromatic nitrogens is 6. The van der Waals surface area contributed by atoms with Crippen molar-refractivity contribution in [1.29, 1.82) is 0 Å². The van der Waals surface area contributed by atoms with Crippen molar-refractivity contribution in [3.63, 3.8) is 0 Å². The molecule has 1 aliphatic rings. The van der Waals surface area contributed by atoms with Crippen LogP contribution in [0.15, 0.2) is 37.1 Å². The first-order chi connectivity index (χ1) is 16.4. The molecule has 1 fully saturated rings. The molecule has 14 heteroatoms. The fourth-order valence-electron chi connectivity index (χ4n) is 3.90. The van der Waals surface area contributed by atoms with E-state index in [0.29, 0.717) is 12.4 Å². The molecule has 3 aromatic rings. The van der Waals surface area contributed by atoms with E-state index in [1.807, 2.05) is 0 Å². The molecular formula is C21H20F5N7O2. The van der Waals surface area contributed by atoms with Gasteiger partial charge in [-0.15, -0.1) is 0 Å². The number of amides is 1. The number of piperidine rings is 1. The summed E-state index contributed by atoms with van der Waals surface area (Å²) in [6, 6.07) is 0.371. The van der Waals surface area contributed by atoms with Gasteiger partial charge in [0.25, 0.3) is 11.8 Å². The summed E-state index contributed by atoms with van der Waals surface area (Å²) < 4.78 is 73.9. The van der Waals surface area contributed by atoms with Gasteiger partial charge in [0.05, 0.1) is 23.7 Å². The van der Waals surface area contributed by atoms with E-state index < -0.39 is 48.5 Å². The van der Waals surface area contributed by atoms with Gasteiger partial charge < -0.3 is 9.64 Å². The molecule has 1 saturated heterocycles. The number of hydrogen-bond donors (Lipinski definition) is 0. The van der Waals surface area contributed by atoms with E-state index in [0.717, 1.165) is 4.90 Å². The highest BCUT2D eigenvalue weighted by molar-refractivity contribution is 5.98. The first kappa shape index (κ1) is 24.4. The SMILES string of the molecule is CC1CC(F)(F)CN(C(=O)c2nn(C)cc2-c2ncccn2)C1COc1ncc(C(F)(F)F)cn1. The molecule has 0 radical (unpaired) electrons. The second-order valence-corrected chi connectivity index (χ2v) is 8.24. The second kappa shape index (κ2) is 9.15. The lowest BCUT2D eigenvalue weighted by Gasteiger charge is -2.42. The maximum Gasteiger partial charge on any atom is 0.419 e. The van der Waals surface area contributed by atoms with Crippen LogP contribution in [0.1, 0.15) is 29.4 Å². The minimum atomic E-state index is -4.62. The lowest BCUT2D eigenvalue weighted by molar-refractivity contribution is -0.138. The molecule has 3 aromatic heterocycles. The molecule has 35 heavy (non-hydrogen) atoms. The largest absolute Gasteiger partial charge is 0.461 e. The molecule has 2 atom stereocenters. The Kier molecular flexibility index (Phi) is 6.38. The second-order valence-electron chi connectivity index (χ2n) is 8.24. The van der Waals surface area contributed by atoms with Crippen molar-refractivity contribution in [3.05, 3.63) is 48.3 Å². The minimum absolute atomic E-state index is 0.112. The highest BCUT2D eigenvalue weighted by Gasteiger charge is 2.47. The first-order valence-corrected chi connectivity index (χ1v) is 10.5. The molecule has 0 N–H and O–H groups in total. The monoisotopic (exact) mass is 497 g/mol. The van der Waals surface area contributed by atoms with Gasteiger partial charge in [0, 0.05) is 44.5 Å². The zero-order valence-electron chi connectivity index (χ0n) is 18.6. The molecule has 0 aromatic carbocycles. The normalized spacial score (nSPS) is 20.0. The number of alkyl halides is 5. The van der Waals surface area contributed by atoms with Crippen molar-refractivity contribution in [2.45, 2.75) is 31.5 Å². The van der Waals surface area contributed by atoms with Gasteiger partial charge >= 0.3 is 12.2 Å². The maximum absolute atomic E-state index is 14.5. The smallest absolute Gasteiger partial charge is 0.419 e. The van der Waals surface area contributed by atoms with E-state index in [9.17, 15) is 26.7 Å². The van der Waals surface area contributed by atoms with Crippen LogP contribution in [0.3, 0.4) is 0 Å². The Morgan fingerprint density at radius 2 is 1.83 bits per heavy atom. The molecule has 2 unspecified atom stereocenters. The van der Waals surface area contributed by atoms with E-state index >= 15 is 0 Å². The van der Waals surface area contributed by atoms with Gasteiger partial charge in [0.1, 0.15) is 6.61 Å². The summed E-state index contributed by atoms with van der Waals surface area (Å²) >= 11 is 0. The van der Waals surface area contributed by atoms with Crippen molar-refractivity contribution in [2.75, 3.05) is 13.2 Å². The van der Waals surface area contributed by atoms with Gasteiger partial charge in [-0.1, -0.05) is 6.92 Å². The molecule has 0 spiro atoms. The molecule has 0 bridgehead atoms. The average Bonchev–Trinajstić information content (AvgIpc) is 3.19. The predicted octanol–water partition coefficient (Wildman–Crippen LogP) is 3.25. The van der Waals surface area contributed by atoms with Crippen LogP contribution in [0.5, 0.6) is 6.01 Å². The zero-order chi connectivity index (χ0) is 25.4. The van der Waals surface area contributed by atoms with E-state index in [4.69, 9.17) is 4.74 Å². The fourth-order valence-corrected chi connectivity index (χ4v) is 3.90. The van der Waals surface area contributed by atoms with Gasteiger partial charge in [-0.3, -0.25) is 9.48 Å². The summed E-state index contributed by atoms with van der Waals surface area (Å²) in [6.45, 7) is 0.344. The van der Waals surface area contributed by atoms with Crippen molar-refractivity contribution < 1.29 is 31.5 Å². The Hall–Kier alpha value is -3.71. The number of carbonyl (C=O) groups is 1. The highest BCUT2D eigenvalue weighted by Crippen LogP contribution is 2.36. The van der Waals surface area contributed by atoms with Crippen LogP contribution in [-0.4, -0.2) is 65.6 Å². The summed E-state index contributed by atoms with van der Waals surface area (Å²) in [5.74, 6) is -4.44. The summed E-state index contributed by atoms with van der Waals surface area (Å²) in [6.07, 6.45) is 0.454. The zero-order valence-corrected chi connectivity index (χ0v) is 18.6. The van der Waals surface area contributed by atoms with Crippen LogP contribution in [0, 0.1) is 5.92 Å². The van der Waals surface area contributed by atoms with Crippen LogP contribution in [0.25, 0.3) is 11.4 Å². The van der Waals surface area contributed by atoms with Crippen LogP contribution in [0.2, 0.25) is 0 Å². The number of halogens is 5. The standard InChI is InChI=1S/C21H20F5N7O2/c1-12-6-20(22,23)11-33(15(12)10-35-19-29-7-13(8-30-19)21(24,25)26)18(34)16-14(9-32(2)31-16)17-27-4-3-5-28-17/h3-5,7-9,12,15H,6,10-11H2,1-2H3. The van der Waals surface area contributed by atoms with E-state index in [1.165, 1.54) is 30.2 Å². The topological polar surface area (TPSA) is 98.9 Å². The molecule has 9 nitrogen and oxygen atoms in total. The quantitative estimate of drug-likeness (QED) is 0.499. The number of carbonyl (C=O) groups excluding carboxylic acids is 1. The van der Waals surface area contributed by atoms with Gasteiger partial charge in [0.15, 0.2) is 11.5 Å². The van der Waals surface area contributed by atoms with Crippen molar-refractivity contribution in [2.24, 2.45) is 13.0 Å². The predicted molar refractivity (Wildman–Crippen MR) is 110 cm³/mol. The van der Waals surface area contributed by atoms with Crippen molar-refractivity contribution >= 4 is 5.91 Å². The minimum Gasteiger partial charge on any atom is -0.461 e. The summed E-state index contributed by atoms with van der Waals surface area (Å²) in [5.41, 5.74) is -0.900. The molecule has 4 heterocycles. The summed E-state index contributed by atoms with van der Waals surface area (Å²) in [7, 11) is 1.57. The number of rotatable bonds is 5. The fraction of sp³-hybridized carbons (Fsp3) is 0.429. The first-order valence-electron chi connectivity index (χ1n) is 10.5. The third-order valence-electron chi connectivity index (χ3n) is 5.52. The van der Waals surface area contributed by atoms with E-state index in [-0.39, 0.29) is 29.7 Å². The van der Waals surface area contributed by atoms with Crippen LogP contribution >= 0.6 is 0 Å². The number of likely N-dealkylation sites (tertiary alicyclic amines) is 1. The Balaban J connectivity index is 1.60. The molecule has 4 rings (SSSR count). The van der Waals surface area contributed by atoms with E-state index in [1.54, 1.807) is 13.1 Å². The molecule has 0 saturated carbocycles. The van der Waals surface area contributed by atoms with Crippen molar-refractivity contribution in [3.8, 4) is 17.4 Å². The van der Waals surface area contributed by atoms with Crippen molar-refractivity contribution in [1.82, 2.24) is 34.6 Å². The van der Waals surface area contributed by atoms with E-state index in [2.05, 4.69) is 25.0 Å². The van der Waals surface area contributed by atoms with Gasteiger partial charge in [-0.25, -0.2) is 28.7 Å². The summed E-state index contributed by atoms with van der Waals surface area (Å²) in [4.78, 5) is 29.7. The van der Waals surface area contributed by atoms with Gasteiger partial charge in [0.2, 0.25) is 0 Å². The van der Waals surface area contributed by atoms with Crippen LogP contribution in [-0.2, 0) is 13.2 Å². The molecular weight excluding hydrogens is 477 g/mol. The Morgan fingerprint density at radius 1 is 1.17 bits per heavy atom. The number of hydrogen-bond acceptors (Lipinski definition) is 7. The Morgan fingerprint density at radius 3 is 2.46 bits per heavy atom. The number of ether oxygens (including phenoxy) is 1. The number of nitrogens with zero attached hydrogens (tertiary/aromatic N) is 7. The summed E-state index contributed by atoms with van der Waals surface area (Å²) in [5, 5.41) is 4.15. The Labute approximate surface area is 196 Å². The van der Waals surface area contributed by atoms with Gasteiger partial charge in [-0.05, 0) is 12.0 Å². The Bertz CT molecular complexity index is 1190.